The van der Waals surface area contributed by atoms with Gasteiger partial charge in [0.05, 0.1) is 10.5 Å². The standard InChI is InChI=1S/C17H20FN3O3S/c1-12(2)21-25(23,24)14-6-7-16(18)15(11-14)17(22)20-10-8-13-5-3-4-9-19-13/h3-7,9,11-12,21H,8,10H2,1-2H3,(H,20,22). The Hall–Kier alpha value is -2.32. The van der Waals surface area contributed by atoms with E-state index < -0.39 is 21.7 Å². The highest BCUT2D eigenvalue weighted by Gasteiger charge is 2.20. The molecule has 2 aromatic rings. The monoisotopic (exact) mass is 365 g/mol. The highest BCUT2D eigenvalue weighted by Crippen LogP contribution is 2.15. The van der Waals surface area contributed by atoms with Crippen molar-refractivity contribution in [2.24, 2.45) is 0 Å². The second kappa shape index (κ2) is 8.17. The van der Waals surface area contributed by atoms with Crippen molar-refractivity contribution in [3.8, 4) is 0 Å². The number of rotatable bonds is 7. The maximum atomic E-state index is 13.9. The fourth-order valence-electron chi connectivity index (χ4n) is 2.17. The third-order valence-corrected chi connectivity index (χ3v) is 4.93. The van der Waals surface area contributed by atoms with Gasteiger partial charge in [-0.25, -0.2) is 17.5 Å². The van der Waals surface area contributed by atoms with Gasteiger partial charge in [0.25, 0.3) is 5.91 Å². The summed E-state index contributed by atoms with van der Waals surface area (Å²) >= 11 is 0. The van der Waals surface area contributed by atoms with Crippen LogP contribution < -0.4 is 10.0 Å². The third-order valence-electron chi connectivity index (χ3n) is 3.28. The van der Waals surface area contributed by atoms with Gasteiger partial charge >= 0.3 is 0 Å². The Morgan fingerprint density at radius 3 is 2.64 bits per heavy atom. The van der Waals surface area contributed by atoms with Crippen molar-refractivity contribution in [2.75, 3.05) is 6.54 Å². The second-order valence-electron chi connectivity index (χ2n) is 5.74. The van der Waals surface area contributed by atoms with Crippen molar-refractivity contribution in [1.29, 1.82) is 0 Å². The Bertz CT molecular complexity index is 839. The van der Waals surface area contributed by atoms with Crippen molar-refractivity contribution in [2.45, 2.75) is 31.2 Å². The summed E-state index contributed by atoms with van der Waals surface area (Å²) in [5.74, 6) is -1.45. The summed E-state index contributed by atoms with van der Waals surface area (Å²) < 4.78 is 40.6. The van der Waals surface area contributed by atoms with Crippen molar-refractivity contribution in [3.63, 3.8) is 0 Å². The van der Waals surface area contributed by atoms with Gasteiger partial charge in [-0.3, -0.25) is 9.78 Å². The van der Waals surface area contributed by atoms with E-state index in [0.29, 0.717) is 6.42 Å². The van der Waals surface area contributed by atoms with Gasteiger partial charge in [0.15, 0.2) is 0 Å². The number of sulfonamides is 1. The average molecular weight is 365 g/mol. The molecule has 2 rings (SSSR count). The van der Waals surface area contributed by atoms with Gasteiger partial charge < -0.3 is 5.32 Å². The highest BCUT2D eigenvalue weighted by molar-refractivity contribution is 7.89. The zero-order valence-corrected chi connectivity index (χ0v) is 14.8. The van der Waals surface area contributed by atoms with E-state index in [-0.39, 0.29) is 23.0 Å². The Morgan fingerprint density at radius 1 is 1.24 bits per heavy atom. The minimum absolute atomic E-state index is 0.155. The summed E-state index contributed by atoms with van der Waals surface area (Å²) in [6.45, 7) is 3.61. The van der Waals surface area contributed by atoms with Crippen LogP contribution in [0.5, 0.6) is 0 Å². The number of aromatic nitrogens is 1. The zero-order valence-electron chi connectivity index (χ0n) is 14.0. The number of benzene rings is 1. The Balaban J connectivity index is 2.10. The predicted octanol–water partition coefficient (Wildman–Crippen LogP) is 1.88. The molecule has 0 aliphatic carbocycles. The van der Waals surface area contributed by atoms with Crippen LogP contribution >= 0.6 is 0 Å². The van der Waals surface area contributed by atoms with Crippen LogP contribution in [-0.2, 0) is 16.4 Å². The molecule has 0 unspecified atom stereocenters. The number of carbonyl (C=O) groups is 1. The molecule has 0 bridgehead atoms. The molecular formula is C17H20FN3O3S. The first-order chi connectivity index (χ1) is 11.8. The van der Waals surface area contributed by atoms with E-state index in [9.17, 15) is 17.6 Å². The van der Waals surface area contributed by atoms with E-state index in [1.165, 1.54) is 0 Å². The molecule has 0 saturated heterocycles. The molecule has 1 amide bonds. The molecule has 1 aromatic heterocycles. The van der Waals surface area contributed by atoms with E-state index in [1.807, 2.05) is 12.1 Å². The lowest BCUT2D eigenvalue weighted by atomic mass is 10.2. The second-order valence-corrected chi connectivity index (χ2v) is 7.46. The van der Waals surface area contributed by atoms with Crippen molar-refractivity contribution < 1.29 is 17.6 Å². The van der Waals surface area contributed by atoms with E-state index in [4.69, 9.17) is 0 Å². The number of halogens is 1. The van der Waals surface area contributed by atoms with Crippen LogP contribution in [0, 0.1) is 5.82 Å². The molecule has 134 valence electrons. The molecule has 1 aromatic carbocycles. The van der Waals surface area contributed by atoms with Crippen molar-refractivity contribution >= 4 is 15.9 Å². The lowest BCUT2D eigenvalue weighted by Gasteiger charge is -2.11. The van der Waals surface area contributed by atoms with E-state index in [2.05, 4.69) is 15.0 Å². The first-order valence-electron chi connectivity index (χ1n) is 7.79. The molecule has 0 fully saturated rings. The van der Waals surface area contributed by atoms with E-state index in [1.54, 1.807) is 26.1 Å². The van der Waals surface area contributed by atoms with Crippen LogP contribution in [0.3, 0.4) is 0 Å². The normalized spacial score (nSPS) is 11.5. The number of amides is 1. The lowest BCUT2D eigenvalue weighted by molar-refractivity contribution is 0.0950. The SMILES string of the molecule is CC(C)NS(=O)(=O)c1ccc(F)c(C(=O)NCCc2ccccn2)c1. The van der Waals surface area contributed by atoms with Crippen LogP contribution in [0.2, 0.25) is 0 Å². The molecule has 0 spiro atoms. The minimum Gasteiger partial charge on any atom is -0.352 e. The molecule has 1 heterocycles. The quantitative estimate of drug-likeness (QED) is 0.784. The van der Waals surface area contributed by atoms with Crippen LogP contribution in [0.4, 0.5) is 4.39 Å². The Labute approximate surface area is 146 Å². The average Bonchev–Trinajstić information content (AvgIpc) is 2.54. The molecule has 8 heteroatoms. The van der Waals surface area contributed by atoms with Crippen molar-refractivity contribution in [1.82, 2.24) is 15.0 Å². The zero-order chi connectivity index (χ0) is 18.4. The van der Waals surface area contributed by atoms with Gasteiger partial charge in [-0.05, 0) is 44.2 Å². The molecule has 25 heavy (non-hydrogen) atoms. The van der Waals surface area contributed by atoms with Gasteiger partial charge in [0.2, 0.25) is 10.0 Å². The van der Waals surface area contributed by atoms with Crippen LogP contribution in [-0.4, -0.2) is 31.9 Å². The fourth-order valence-corrected chi connectivity index (χ4v) is 3.45. The topological polar surface area (TPSA) is 88.2 Å². The summed E-state index contributed by atoms with van der Waals surface area (Å²) in [6.07, 6.45) is 2.13. The molecule has 0 aliphatic heterocycles. The third kappa shape index (κ3) is 5.33. The van der Waals surface area contributed by atoms with Gasteiger partial charge in [-0.15, -0.1) is 0 Å². The predicted molar refractivity (Wildman–Crippen MR) is 92.1 cm³/mol. The summed E-state index contributed by atoms with van der Waals surface area (Å²) in [4.78, 5) is 16.1. The summed E-state index contributed by atoms with van der Waals surface area (Å²) in [5.41, 5.74) is 0.480. The molecular weight excluding hydrogens is 345 g/mol. The smallest absolute Gasteiger partial charge is 0.254 e. The van der Waals surface area contributed by atoms with Gasteiger partial charge in [0, 0.05) is 30.9 Å². The number of nitrogens with one attached hydrogen (secondary N) is 2. The number of nitrogens with zero attached hydrogens (tertiary/aromatic N) is 1. The number of hydrogen-bond donors (Lipinski definition) is 2. The lowest BCUT2D eigenvalue weighted by Crippen LogP contribution is -2.31. The molecule has 2 N–H and O–H groups in total. The Morgan fingerprint density at radius 2 is 2.00 bits per heavy atom. The summed E-state index contributed by atoms with van der Waals surface area (Å²) in [5, 5.41) is 2.57. The molecule has 6 nitrogen and oxygen atoms in total. The maximum absolute atomic E-state index is 13.9. The van der Waals surface area contributed by atoms with Gasteiger partial charge in [-0.1, -0.05) is 6.07 Å². The first-order valence-corrected chi connectivity index (χ1v) is 9.28. The van der Waals surface area contributed by atoms with Gasteiger partial charge in [0.1, 0.15) is 5.82 Å². The van der Waals surface area contributed by atoms with E-state index >= 15 is 0 Å². The number of hydrogen-bond acceptors (Lipinski definition) is 4. The minimum atomic E-state index is -3.80. The van der Waals surface area contributed by atoms with E-state index in [0.717, 1.165) is 23.9 Å². The first kappa shape index (κ1) is 19.0. The Kier molecular flexibility index (Phi) is 6.22. The molecule has 0 saturated carbocycles. The van der Waals surface area contributed by atoms with Crippen LogP contribution in [0.1, 0.15) is 29.9 Å². The number of pyridine rings is 1. The largest absolute Gasteiger partial charge is 0.352 e. The summed E-state index contributed by atoms with van der Waals surface area (Å²) in [6, 6.07) is 8.26. The van der Waals surface area contributed by atoms with Crippen LogP contribution in [0.25, 0.3) is 0 Å². The molecule has 0 radical (unpaired) electrons. The molecule has 0 atom stereocenters. The van der Waals surface area contributed by atoms with Crippen molar-refractivity contribution in [3.05, 3.63) is 59.7 Å². The fraction of sp³-hybridized carbons (Fsp3) is 0.294. The number of carbonyl (C=O) groups excluding carboxylic acids is 1. The van der Waals surface area contributed by atoms with Gasteiger partial charge in [-0.2, -0.15) is 0 Å². The maximum Gasteiger partial charge on any atom is 0.254 e. The summed E-state index contributed by atoms with van der Waals surface area (Å²) in [7, 11) is -3.80. The van der Waals surface area contributed by atoms with Crippen LogP contribution in [0.15, 0.2) is 47.5 Å². The highest BCUT2D eigenvalue weighted by atomic mass is 32.2. The molecule has 0 aliphatic rings.